The van der Waals surface area contributed by atoms with Crippen molar-refractivity contribution in [1.82, 2.24) is 0 Å². The molecule has 2 aliphatic rings. The number of benzene rings is 1. The van der Waals surface area contributed by atoms with E-state index in [-0.39, 0.29) is 23.6 Å². The molecule has 0 spiro atoms. The van der Waals surface area contributed by atoms with Crippen molar-refractivity contribution >= 4 is 29.1 Å². The van der Waals surface area contributed by atoms with E-state index in [1.54, 1.807) is 6.07 Å². The number of rotatable bonds is 6. The van der Waals surface area contributed by atoms with Crippen LogP contribution in [0.25, 0.3) is 0 Å². The summed E-state index contributed by atoms with van der Waals surface area (Å²) in [7, 11) is 0. The summed E-state index contributed by atoms with van der Waals surface area (Å²) in [6.07, 6.45) is 5.07. The summed E-state index contributed by atoms with van der Waals surface area (Å²) in [5.41, 5.74) is 2.91. The van der Waals surface area contributed by atoms with E-state index in [9.17, 15) is 9.59 Å². The van der Waals surface area contributed by atoms with Crippen molar-refractivity contribution in [2.24, 2.45) is 10.9 Å². The van der Waals surface area contributed by atoms with Gasteiger partial charge in [0, 0.05) is 28.8 Å². The van der Waals surface area contributed by atoms with Gasteiger partial charge in [-0.1, -0.05) is 43.5 Å². The molecule has 2 unspecified atom stereocenters. The molecule has 1 aliphatic heterocycles. The van der Waals surface area contributed by atoms with Gasteiger partial charge in [-0.05, 0) is 43.9 Å². The van der Waals surface area contributed by atoms with Crippen LogP contribution in [0.1, 0.15) is 63.9 Å². The highest BCUT2D eigenvalue weighted by Crippen LogP contribution is 2.43. The van der Waals surface area contributed by atoms with Crippen LogP contribution < -0.4 is 0 Å². The summed E-state index contributed by atoms with van der Waals surface area (Å²) in [4.78, 5) is 30.4. The third kappa shape index (κ3) is 4.32. The van der Waals surface area contributed by atoms with Crippen LogP contribution >= 0.6 is 11.6 Å². The first-order valence-electron chi connectivity index (χ1n) is 9.76. The lowest BCUT2D eigenvalue weighted by atomic mass is 9.69. The summed E-state index contributed by atoms with van der Waals surface area (Å²) in [5.74, 6) is -0.981. The third-order valence-electron chi connectivity index (χ3n) is 5.32. The molecule has 1 aromatic carbocycles. The van der Waals surface area contributed by atoms with Gasteiger partial charge in [-0.15, -0.1) is 0 Å². The van der Waals surface area contributed by atoms with Gasteiger partial charge < -0.3 is 4.74 Å². The summed E-state index contributed by atoms with van der Waals surface area (Å²) >= 11 is 6.21. The Balaban J connectivity index is 1.99. The molecule has 0 bridgehead atoms. The second kappa shape index (κ2) is 8.83. The highest BCUT2D eigenvalue weighted by molar-refractivity contribution is 6.30. The summed E-state index contributed by atoms with van der Waals surface area (Å²) < 4.78 is 5.54. The largest absolute Gasteiger partial charge is 0.462 e. The van der Waals surface area contributed by atoms with E-state index in [4.69, 9.17) is 16.3 Å². The van der Waals surface area contributed by atoms with Crippen LogP contribution in [0, 0.1) is 5.92 Å². The standard InChI is InChI=1S/C22H26ClNO3/c1-3-4-5-12-27-22(26)19-14(2)24-17-10-7-11-18(25)21(17)20(19)15-8-6-9-16(23)13-15/h6,8-9,13,20-21H,3-5,7,10-12H2,1-2H3. The van der Waals surface area contributed by atoms with E-state index in [0.29, 0.717) is 29.3 Å². The van der Waals surface area contributed by atoms with E-state index in [1.165, 1.54) is 0 Å². The van der Waals surface area contributed by atoms with Crippen molar-refractivity contribution < 1.29 is 14.3 Å². The average molecular weight is 388 g/mol. The van der Waals surface area contributed by atoms with Crippen LogP contribution in [-0.2, 0) is 14.3 Å². The first kappa shape index (κ1) is 19.8. The van der Waals surface area contributed by atoms with Crippen molar-refractivity contribution in [2.75, 3.05) is 6.61 Å². The van der Waals surface area contributed by atoms with Gasteiger partial charge in [0.15, 0.2) is 0 Å². The minimum atomic E-state index is -0.390. The number of unbranched alkanes of at least 4 members (excludes halogenated alkanes) is 2. The molecule has 0 amide bonds. The predicted octanol–water partition coefficient (Wildman–Crippen LogP) is 5.25. The Morgan fingerprint density at radius 2 is 2.07 bits per heavy atom. The molecule has 1 aromatic rings. The zero-order valence-electron chi connectivity index (χ0n) is 16.0. The van der Waals surface area contributed by atoms with E-state index in [2.05, 4.69) is 11.9 Å². The SMILES string of the molecule is CCCCCOC(=O)C1=C(C)N=C2CCCC(=O)C2C1c1cccc(Cl)c1. The minimum absolute atomic E-state index is 0.147. The maximum atomic E-state index is 12.9. The van der Waals surface area contributed by atoms with Crippen molar-refractivity contribution in [3.05, 3.63) is 46.1 Å². The quantitative estimate of drug-likeness (QED) is 0.494. The number of halogens is 1. The Kier molecular flexibility index (Phi) is 6.48. The number of hydrogen-bond acceptors (Lipinski definition) is 4. The number of allylic oxidation sites excluding steroid dienone is 1. The van der Waals surface area contributed by atoms with E-state index >= 15 is 0 Å². The van der Waals surface area contributed by atoms with Crippen LogP contribution in [0.5, 0.6) is 0 Å². The van der Waals surface area contributed by atoms with Crippen LogP contribution in [0.4, 0.5) is 0 Å². The number of ether oxygens (including phenoxy) is 1. The van der Waals surface area contributed by atoms with Crippen LogP contribution in [-0.4, -0.2) is 24.1 Å². The zero-order valence-corrected chi connectivity index (χ0v) is 16.7. The van der Waals surface area contributed by atoms with Crippen molar-refractivity contribution in [3.8, 4) is 0 Å². The summed E-state index contributed by atoms with van der Waals surface area (Å²) in [6, 6.07) is 7.43. The highest BCUT2D eigenvalue weighted by atomic mass is 35.5. The fourth-order valence-electron chi connectivity index (χ4n) is 4.04. The number of nitrogens with zero attached hydrogens (tertiary/aromatic N) is 1. The van der Waals surface area contributed by atoms with Crippen LogP contribution in [0.2, 0.25) is 5.02 Å². The van der Waals surface area contributed by atoms with Gasteiger partial charge in [-0.3, -0.25) is 9.79 Å². The monoisotopic (exact) mass is 387 g/mol. The molecule has 1 fully saturated rings. The third-order valence-corrected chi connectivity index (χ3v) is 5.55. The number of carbonyl (C=O) groups is 2. The molecular formula is C22H26ClNO3. The van der Waals surface area contributed by atoms with Gasteiger partial charge in [0.25, 0.3) is 0 Å². The molecule has 2 atom stereocenters. The smallest absolute Gasteiger partial charge is 0.336 e. The van der Waals surface area contributed by atoms with Crippen molar-refractivity contribution in [3.63, 3.8) is 0 Å². The Morgan fingerprint density at radius 3 is 2.81 bits per heavy atom. The average Bonchev–Trinajstić information content (AvgIpc) is 2.64. The maximum Gasteiger partial charge on any atom is 0.336 e. The van der Waals surface area contributed by atoms with Crippen molar-refractivity contribution in [1.29, 1.82) is 0 Å². The summed E-state index contributed by atoms with van der Waals surface area (Å²) in [6.45, 7) is 4.33. The molecule has 0 aromatic heterocycles. The molecular weight excluding hydrogens is 362 g/mol. The number of Topliss-reactive ketones (excluding diaryl/α,β-unsaturated/α-hetero) is 1. The molecule has 1 heterocycles. The number of esters is 1. The topological polar surface area (TPSA) is 55.7 Å². The number of fused-ring (bicyclic) bond motifs is 1. The molecule has 0 radical (unpaired) electrons. The van der Waals surface area contributed by atoms with Gasteiger partial charge in [0.05, 0.1) is 18.1 Å². The van der Waals surface area contributed by atoms with Crippen LogP contribution in [0.15, 0.2) is 40.5 Å². The highest BCUT2D eigenvalue weighted by Gasteiger charge is 2.43. The molecule has 1 saturated carbocycles. The minimum Gasteiger partial charge on any atom is -0.462 e. The molecule has 3 rings (SSSR count). The lowest BCUT2D eigenvalue weighted by Gasteiger charge is -2.35. The first-order chi connectivity index (χ1) is 13.0. The molecule has 0 saturated heterocycles. The van der Waals surface area contributed by atoms with Gasteiger partial charge in [-0.25, -0.2) is 4.79 Å². The van der Waals surface area contributed by atoms with Gasteiger partial charge in [-0.2, -0.15) is 0 Å². The fourth-order valence-corrected chi connectivity index (χ4v) is 4.24. The van der Waals surface area contributed by atoms with Crippen LogP contribution in [0.3, 0.4) is 0 Å². The fraction of sp³-hybridized carbons (Fsp3) is 0.500. The summed E-state index contributed by atoms with van der Waals surface area (Å²) in [5, 5.41) is 0.591. The molecule has 27 heavy (non-hydrogen) atoms. The van der Waals surface area contributed by atoms with Gasteiger partial charge in [0.2, 0.25) is 0 Å². The van der Waals surface area contributed by atoms with E-state index < -0.39 is 0 Å². The first-order valence-corrected chi connectivity index (χ1v) is 10.1. The molecule has 5 heteroatoms. The number of ketones is 1. The Bertz CT molecular complexity index is 797. The molecule has 0 N–H and O–H groups in total. The second-order valence-corrected chi connectivity index (χ2v) is 7.71. The lowest BCUT2D eigenvalue weighted by molar-refractivity contribution is -0.139. The second-order valence-electron chi connectivity index (χ2n) is 7.28. The van der Waals surface area contributed by atoms with Gasteiger partial charge >= 0.3 is 5.97 Å². The van der Waals surface area contributed by atoms with Crippen molar-refractivity contribution in [2.45, 2.75) is 58.3 Å². The van der Waals surface area contributed by atoms with Gasteiger partial charge in [0.1, 0.15) is 5.78 Å². The number of carbonyl (C=O) groups excluding carboxylic acids is 2. The Morgan fingerprint density at radius 1 is 1.26 bits per heavy atom. The number of hydrogen-bond donors (Lipinski definition) is 0. The zero-order chi connectivity index (χ0) is 19.4. The predicted molar refractivity (Wildman–Crippen MR) is 107 cm³/mol. The molecule has 4 nitrogen and oxygen atoms in total. The maximum absolute atomic E-state index is 12.9. The van der Waals surface area contributed by atoms with E-state index in [0.717, 1.165) is 43.4 Å². The number of aliphatic imine (C=N–C) groups is 1. The molecule has 1 aliphatic carbocycles. The Hall–Kier alpha value is -1.94. The Labute approximate surface area is 165 Å². The molecule has 144 valence electrons. The lowest BCUT2D eigenvalue weighted by Crippen LogP contribution is -2.39. The van der Waals surface area contributed by atoms with E-state index in [1.807, 2.05) is 25.1 Å². The normalized spacial score (nSPS) is 22.3.